The molecule has 1 aromatic rings. The van der Waals surface area contributed by atoms with Gasteiger partial charge in [0, 0.05) is 50.4 Å². The second kappa shape index (κ2) is 5.55. The monoisotopic (exact) mass is 349 g/mol. The number of nitrogens with zero attached hydrogens (tertiary/aromatic N) is 4. The molecule has 6 heteroatoms. The molecule has 3 fully saturated rings. The SMILES string of the molecule is N#CC1=C(N2CCC3(CC2)CC3)c2cc(N3CC(N)C3)ncc2CC1=O. The molecule has 26 heavy (non-hydrogen) atoms. The third-order valence-electron chi connectivity index (χ3n) is 6.54. The van der Waals surface area contributed by atoms with Crippen LogP contribution in [0, 0.1) is 16.7 Å². The van der Waals surface area contributed by atoms with Crippen LogP contribution in [0.3, 0.4) is 0 Å². The maximum absolute atomic E-state index is 12.5. The fourth-order valence-corrected chi connectivity index (χ4v) is 4.56. The number of ketones is 1. The first-order valence-electron chi connectivity index (χ1n) is 9.51. The van der Waals surface area contributed by atoms with Crippen LogP contribution in [-0.4, -0.2) is 47.9 Å². The van der Waals surface area contributed by atoms with Crippen molar-refractivity contribution in [1.29, 1.82) is 5.26 Å². The molecule has 3 heterocycles. The van der Waals surface area contributed by atoms with Gasteiger partial charge >= 0.3 is 0 Å². The normalized spacial score (nSPS) is 24.4. The van der Waals surface area contributed by atoms with Gasteiger partial charge in [-0.3, -0.25) is 4.79 Å². The Balaban J connectivity index is 1.53. The summed E-state index contributed by atoms with van der Waals surface area (Å²) >= 11 is 0. The average molecular weight is 349 g/mol. The molecule has 4 aliphatic rings. The molecule has 2 N–H and O–H groups in total. The van der Waals surface area contributed by atoms with E-state index in [-0.39, 0.29) is 18.2 Å². The highest BCUT2D eigenvalue weighted by molar-refractivity contribution is 6.10. The van der Waals surface area contributed by atoms with Gasteiger partial charge in [0.2, 0.25) is 0 Å². The zero-order valence-electron chi connectivity index (χ0n) is 14.9. The number of hydrogen-bond donors (Lipinski definition) is 1. The maximum atomic E-state index is 12.5. The molecule has 2 aliphatic carbocycles. The van der Waals surface area contributed by atoms with Crippen molar-refractivity contribution in [3.05, 3.63) is 29.0 Å². The number of rotatable bonds is 2. The van der Waals surface area contributed by atoms with Crippen molar-refractivity contribution in [2.75, 3.05) is 31.1 Å². The number of piperidine rings is 1. The lowest BCUT2D eigenvalue weighted by molar-refractivity contribution is -0.114. The molecule has 1 aromatic heterocycles. The van der Waals surface area contributed by atoms with Gasteiger partial charge in [-0.15, -0.1) is 0 Å². The molecule has 1 spiro atoms. The summed E-state index contributed by atoms with van der Waals surface area (Å²) in [7, 11) is 0. The van der Waals surface area contributed by atoms with Gasteiger partial charge < -0.3 is 15.5 Å². The lowest BCUT2D eigenvalue weighted by Gasteiger charge is -2.40. The van der Waals surface area contributed by atoms with E-state index in [2.05, 4.69) is 26.9 Å². The van der Waals surface area contributed by atoms with Crippen molar-refractivity contribution in [2.24, 2.45) is 11.1 Å². The highest BCUT2D eigenvalue weighted by atomic mass is 16.1. The highest BCUT2D eigenvalue weighted by Crippen LogP contribution is 2.54. The smallest absolute Gasteiger partial charge is 0.179 e. The summed E-state index contributed by atoms with van der Waals surface area (Å²) in [4.78, 5) is 21.5. The number of carbonyl (C=O) groups is 1. The number of Topliss-reactive ketones (excluding diaryl/α,β-unsaturated/α-hetero) is 1. The Morgan fingerprint density at radius 2 is 1.92 bits per heavy atom. The first-order valence-corrected chi connectivity index (χ1v) is 9.51. The van der Waals surface area contributed by atoms with Crippen LogP contribution in [0.4, 0.5) is 5.82 Å². The molecular formula is C20H23N5O. The Morgan fingerprint density at radius 3 is 2.54 bits per heavy atom. The molecule has 0 amide bonds. The van der Waals surface area contributed by atoms with Crippen molar-refractivity contribution < 1.29 is 4.79 Å². The first-order chi connectivity index (χ1) is 12.6. The van der Waals surface area contributed by atoms with Crippen LogP contribution in [0.2, 0.25) is 0 Å². The summed E-state index contributed by atoms with van der Waals surface area (Å²) in [5.41, 5.74) is 9.57. The predicted molar refractivity (Wildman–Crippen MR) is 98.1 cm³/mol. The Labute approximate surface area is 153 Å². The second-order valence-electron chi connectivity index (χ2n) is 8.29. The standard InChI is InChI=1S/C20H23N5O/c21-9-16-17(26)7-13-10-23-18(25-11-14(22)12-25)8-15(13)19(16)24-5-3-20(1-2-20)4-6-24/h8,10,14H,1-7,11-12,22H2. The van der Waals surface area contributed by atoms with E-state index >= 15 is 0 Å². The lowest BCUT2D eigenvalue weighted by Crippen LogP contribution is -2.56. The van der Waals surface area contributed by atoms with Crippen LogP contribution in [0.1, 0.15) is 36.8 Å². The molecular weight excluding hydrogens is 326 g/mol. The molecule has 6 nitrogen and oxygen atoms in total. The summed E-state index contributed by atoms with van der Waals surface area (Å²) in [6.45, 7) is 3.47. The van der Waals surface area contributed by atoms with Crippen molar-refractivity contribution in [1.82, 2.24) is 9.88 Å². The number of allylic oxidation sites excluding steroid dienone is 1. The fourth-order valence-electron chi connectivity index (χ4n) is 4.56. The van der Waals surface area contributed by atoms with Crippen LogP contribution in [-0.2, 0) is 11.2 Å². The molecule has 134 valence electrons. The van der Waals surface area contributed by atoms with E-state index in [1.54, 1.807) is 0 Å². The Hall–Kier alpha value is -2.39. The Kier molecular flexibility index (Phi) is 3.38. The van der Waals surface area contributed by atoms with E-state index in [0.29, 0.717) is 11.0 Å². The summed E-state index contributed by atoms with van der Waals surface area (Å²) in [5, 5.41) is 9.68. The largest absolute Gasteiger partial charge is 0.370 e. The van der Waals surface area contributed by atoms with Crippen LogP contribution in [0.5, 0.6) is 0 Å². The van der Waals surface area contributed by atoms with Gasteiger partial charge in [0.1, 0.15) is 17.5 Å². The van der Waals surface area contributed by atoms with Crippen LogP contribution < -0.4 is 10.6 Å². The number of pyridine rings is 1. The summed E-state index contributed by atoms with van der Waals surface area (Å²) in [5.74, 6) is 0.812. The second-order valence-corrected chi connectivity index (χ2v) is 8.29. The minimum Gasteiger partial charge on any atom is -0.370 e. The Bertz CT molecular complexity index is 847. The average Bonchev–Trinajstić information content (AvgIpc) is 3.37. The Morgan fingerprint density at radius 1 is 1.19 bits per heavy atom. The quantitative estimate of drug-likeness (QED) is 0.870. The van der Waals surface area contributed by atoms with Crippen LogP contribution in [0.15, 0.2) is 17.8 Å². The molecule has 0 unspecified atom stereocenters. The summed E-state index contributed by atoms with van der Waals surface area (Å²) in [6, 6.07) is 4.46. The number of anilines is 1. The van der Waals surface area contributed by atoms with Crippen molar-refractivity contribution >= 4 is 17.3 Å². The number of fused-ring (bicyclic) bond motifs is 1. The number of aromatic nitrogens is 1. The minimum absolute atomic E-state index is 0.0813. The number of nitrogens with two attached hydrogens (primary N) is 1. The molecule has 0 bridgehead atoms. The van der Waals surface area contributed by atoms with E-state index in [1.165, 1.54) is 12.8 Å². The molecule has 0 atom stereocenters. The van der Waals surface area contributed by atoms with Gasteiger partial charge in [-0.25, -0.2) is 4.98 Å². The van der Waals surface area contributed by atoms with E-state index in [4.69, 9.17) is 5.73 Å². The van der Waals surface area contributed by atoms with Gasteiger partial charge in [0.25, 0.3) is 0 Å². The number of likely N-dealkylation sites (tertiary alicyclic amines) is 1. The van der Waals surface area contributed by atoms with Gasteiger partial charge in [0.15, 0.2) is 5.78 Å². The fraction of sp³-hybridized carbons (Fsp3) is 0.550. The minimum atomic E-state index is -0.0813. The third-order valence-corrected chi connectivity index (χ3v) is 6.54. The van der Waals surface area contributed by atoms with E-state index < -0.39 is 0 Å². The summed E-state index contributed by atoms with van der Waals surface area (Å²) in [6.07, 6.45) is 7.09. The third kappa shape index (κ3) is 2.42. The van der Waals surface area contributed by atoms with E-state index in [1.807, 2.05) is 6.20 Å². The number of carbonyl (C=O) groups excluding carboxylic acids is 1. The van der Waals surface area contributed by atoms with Crippen LogP contribution >= 0.6 is 0 Å². The molecule has 5 rings (SSSR count). The molecule has 1 saturated carbocycles. The van der Waals surface area contributed by atoms with Gasteiger partial charge in [-0.2, -0.15) is 5.26 Å². The van der Waals surface area contributed by atoms with Gasteiger partial charge in [0.05, 0.1) is 5.70 Å². The number of nitriles is 1. The zero-order chi connectivity index (χ0) is 17.9. The maximum Gasteiger partial charge on any atom is 0.179 e. The van der Waals surface area contributed by atoms with E-state index in [9.17, 15) is 10.1 Å². The lowest BCUT2D eigenvalue weighted by atomic mass is 9.86. The van der Waals surface area contributed by atoms with Crippen LogP contribution in [0.25, 0.3) is 5.70 Å². The van der Waals surface area contributed by atoms with Crippen molar-refractivity contribution in [2.45, 2.75) is 38.1 Å². The first kappa shape index (κ1) is 15.8. The van der Waals surface area contributed by atoms with Gasteiger partial charge in [-0.05, 0) is 42.7 Å². The summed E-state index contributed by atoms with van der Waals surface area (Å²) < 4.78 is 0. The molecule has 0 radical (unpaired) electrons. The predicted octanol–water partition coefficient (Wildman–Crippen LogP) is 1.46. The molecule has 2 aliphatic heterocycles. The molecule has 0 aromatic carbocycles. The van der Waals surface area contributed by atoms with Gasteiger partial charge in [-0.1, -0.05) is 0 Å². The zero-order valence-corrected chi connectivity index (χ0v) is 14.9. The number of hydrogen-bond acceptors (Lipinski definition) is 6. The van der Waals surface area contributed by atoms with Crippen molar-refractivity contribution in [3.63, 3.8) is 0 Å². The highest BCUT2D eigenvalue weighted by Gasteiger charge is 2.45. The van der Waals surface area contributed by atoms with Crippen molar-refractivity contribution in [3.8, 4) is 6.07 Å². The van der Waals surface area contributed by atoms with E-state index in [0.717, 1.165) is 61.7 Å². The molecule has 2 saturated heterocycles. The topological polar surface area (TPSA) is 86.2 Å².